The van der Waals surface area contributed by atoms with Gasteiger partial charge in [0.05, 0.1) is 29.6 Å². The van der Waals surface area contributed by atoms with Gasteiger partial charge in [-0.3, -0.25) is 9.48 Å². The van der Waals surface area contributed by atoms with E-state index in [-0.39, 0.29) is 5.91 Å². The molecule has 0 unspecified atom stereocenters. The molecule has 0 saturated carbocycles. The highest BCUT2D eigenvalue weighted by Crippen LogP contribution is 2.37. The molecule has 0 aliphatic carbocycles. The largest absolute Gasteiger partial charge is 0.490 e. The van der Waals surface area contributed by atoms with Gasteiger partial charge in [0.2, 0.25) is 5.91 Å². The number of hydrogen-bond donors (Lipinski definition) is 1. The zero-order chi connectivity index (χ0) is 20.1. The molecule has 1 aromatic carbocycles. The second kappa shape index (κ2) is 9.34. The predicted octanol–water partition coefficient (Wildman–Crippen LogP) is 5.11. The summed E-state index contributed by atoms with van der Waals surface area (Å²) in [6, 6.07) is 3.33. The number of fused-ring (bicyclic) bond motifs is 1. The Bertz CT molecular complexity index is 893. The second-order valence-electron chi connectivity index (χ2n) is 6.52. The molecule has 28 heavy (non-hydrogen) atoms. The SMILES string of the molecule is CCCCn1nc(C)c(/C=C/C(=O)Nc2cc3c(cc2Cl)OCCCO3)c1Cl. The van der Waals surface area contributed by atoms with Crippen molar-refractivity contribution in [1.29, 1.82) is 0 Å². The van der Waals surface area contributed by atoms with E-state index in [4.69, 9.17) is 32.7 Å². The highest BCUT2D eigenvalue weighted by Gasteiger charge is 2.15. The lowest BCUT2D eigenvalue weighted by Gasteiger charge is -2.11. The first-order chi connectivity index (χ1) is 13.5. The third kappa shape index (κ3) is 4.80. The third-order valence-electron chi connectivity index (χ3n) is 4.33. The number of carbonyl (C=O) groups is 1. The van der Waals surface area contributed by atoms with E-state index in [2.05, 4.69) is 17.3 Å². The Kier molecular flexibility index (Phi) is 6.86. The minimum atomic E-state index is -0.326. The molecule has 0 radical (unpaired) electrons. The van der Waals surface area contributed by atoms with Crippen LogP contribution in [0.4, 0.5) is 5.69 Å². The highest BCUT2D eigenvalue weighted by molar-refractivity contribution is 6.34. The standard InChI is InChI=1S/C20H23Cl2N3O3/c1-3-4-8-25-20(22)14(13(2)24-25)6-7-19(26)23-16-12-18-17(11-15(16)21)27-9-5-10-28-18/h6-7,11-12H,3-5,8-10H2,1-2H3,(H,23,26)/b7-6+. The summed E-state index contributed by atoms with van der Waals surface area (Å²) >= 11 is 12.7. The van der Waals surface area contributed by atoms with E-state index >= 15 is 0 Å². The molecular weight excluding hydrogens is 401 g/mol. The van der Waals surface area contributed by atoms with Crippen LogP contribution in [-0.2, 0) is 11.3 Å². The molecule has 150 valence electrons. The van der Waals surface area contributed by atoms with E-state index in [1.807, 2.05) is 6.92 Å². The summed E-state index contributed by atoms with van der Waals surface area (Å²) in [5.41, 5.74) is 1.97. The van der Waals surface area contributed by atoms with Crippen molar-refractivity contribution in [3.8, 4) is 11.5 Å². The van der Waals surface area contributed by atoms with E-state index < -0.39 is 0 Å². The number of carbonyl (C=O) groups excluding carboxylic acids is 1. The maximum atomic E-state index is 12.4. The maximum absolute atomic E-state index is 12.4. The number of anilines is 1. The number of benzene rings is 1. The number of nitrogens with zero attached hydrogens (tertiary/aromatic N) is 2. The van der Waals surface area contributed by atoms with Gasteiger partial charge in [0.1, 0.15) is 5.15 Å². The molecule has 0 saturated heterocycles. The highest BCUT2D eigenvalue weighted by atomic mass is 35.5. The number of amides is 1. The molecule has 1 aromatic heterocycles. The van der Waals surface area contributed by atoms with Crippen LogP contribution in [0.3, 0.4) is 0 Å². The van der Waals surface area contributed by atoms with E-state index in [1.54, 1.807) is 22.9 Å². The molecule has 1 N–H and O–H groups in total. The van der Waals surface area contributed by atoms with Gasteiger partial charge in [-0.25, -0.2) is 0 Å². The first-order valence-corrected chi connectivity index (χ1v) is 10.1. The fourth-order valence-corrected chi connectivity index (χ4v) is 3.35. The number of rotatable bonds is 6. The smallest absolute Gasteiger partial charge is 0.248 e. The van der Waals surface area contributed by atoms with Gasteiger partial charge >= 0.3 is 0 Å². The summed E-state index contributed by atoms with van der Waals surface area (Å²) in [5.74, 6) is 0.823. The lowest BCUT2D eigenvalue weighted by atomic mass is 10.2. The summed E-state index contributed by atoms with van der Waals surface area (Å²) in [6.07, 6.45) is 5.92. The predicted molar refractivity (Wildman–Crippen MR) is 112 cm³/mol. The Hall–Kier alpha value is -2.18. The quantitative estimate of drug-likeness (QED) is 0.655. The molecule has 6 nitrogen and oxygen atoms in total. The van der Waals surface area contributed by atoms with E-state index in [0.29, 0.717) is 40.6 Å². The Balaban J connectivity index is 1.72. The van der Waals surface area contributed by atoms with Crippen molar-refractivity contribution in [2.24, 2.45) is 0 Å². The van der Waals surface area contributed by atoms with Gasteiger partial charge in [0.15, 0.2) is 11.5 Å². The van der Waals surface area contributed by atoms with Crippen LogP contribution in [0.1, 0.15) is 37.4 Å². The molecule has 0 fully saturated rings. The van der Waals surface area contributed by atoms with Crippen molar-refractivity contribution in [3.05, 3.63) is 39.6 Å². The van der Waals surface area contributed by atoms with Crippen molar-refractivity contribution in [2.45, 2.75) is 39.7 Å². The molecule has 1 aliphatic heterocycles. The molecule has 0 atom stereocenters. The van der Waals surface area contributed by atoms with Gasteiger partial charge in [-0.05, 0) is 19.4 Å². The number of unbranched alkanes of at least 4 members (excludes halogenated alkanes) is 1. The van der Waals surface area contributed by atoms with Gasteiger partial charge in [-0.2, -0.15) is 5.10 Å². The summed E-state index contributed by atoms with van der Waals surface area (Å²) in [6.45, 7) is 5.86. The molecule has 8 heteroatoms. The second-order valence-corrected chi connectivity index (χ2v) is 7.28. The van der Waals surface area contributed by atoms with Crippen molar-refractivity contribution in [2.75, 3.05) is 18.5 Å². The van der Waals surface area contributed by atoms with Crippen LogP contribution in [0.5, 0.6) is 11.5 Å². The van der Waals surface area contributed by atoms with Crippen LogP contribution in [0.15, 0.2) is 18.2 Å². The molecule has 1 amide bonds. The first kappa shape index (κ1) is 20.6. The Morgan fingerprint density at radius 2 is 2.00 bits per heavy atom. The first-order valence-electron chi connectivity index (χ1n) is 9.30. The molecule has 2 aromatic rings. The van der Waals surface area contributed by atoms with Gasteiger partial charge in [-0.15, -0.1) is 0 Å². The van der Waals surface area contributed by atoms with Crippen LogP contribution in [0.25, 0.3) is 6.08 Å². The fraction of sp³-hybridized carbons (Fsp3) is 0.400. The number of aromatic nitrogens is 2. The van der Waals surface area contributed by atoms with E-state index in [1.165, 1.54) is 6.08 Å². The van der Waals surface area contributed by atoms with E-state index in [9.17, 15) is 4.79 Å². The maximum Gasteiger partial charge on any atom is 0.248 e. The van der Waals surface area contributed by atoms with Gasteiger partial charge in [0, 0.05) is 36.7 Å². The molecule has 0 spiro atoms. The molecule has 3 rings (SSSR count). The summed E-state index contributed by atoms with van der Waals surface area (Å²) in [4.78, 5) is 12.4. The van der Waals surface area contributed by atoms with Crippen molar-refractivity contribution < 1.29 is 14.3 Å². The van der Waals surface area contributed by atoms with Crippen LogP contribution in [0.2, 0.25) is 10.2 Å². The Morgan fingerprint density at radius 1 is 1.29 bits per heavy atom. The van der Waals surface area contributed by atoms with Crippen LogP contribution in [-0.4, -0.2) is 28.9 Å². The Morgan fingerprint density at radius 3 is 2.71 bits per heavy atom. The number of ether oxygens (including phenoxy) is 2. The van der Waals surface area contributed by atoms with E-state index in [0.717, 1.165) is 37.1 Å². The number of hydrogen-bond acceptors (Lipinski definition) is 4. The van der Waals surface area contributed by atoms with Gasteiger partial charge < -0.3 is 14.8 Å². The molecule has 2 heterocycles. The number of aryl methyl sites for hydroxylation is 2. The topological polar surface area (TPSA) is 65.4 Å². The average molecular weight is 424 g/mol. The van der Waals surface area contributed by atoms with Crippen molar-refractivity contribution in [1.82, 2.24) is 9.78 Å². The lowest BCUT2D eigenvalue weighted by molar-refractivity contribution is -0.111. The molecule has 0 bridgehead atoms. The molecular formula is C20H23Cl2N3O3. The van der Waals surface area contributed by atoms with Gasteiger partial charge in [0.25, 0.3) is 0 Å². The summed E-state index contributed by atoms with van der Waals surface area (Å²) < 4.78 is 13.0. The zero-order valence-corrected chi connectivity index (χ0v) is 17.4. The van der Waals surface area contributed by atoms with Crippen LogP contribution in [0, 0.1) is 6.92 Å². The lowest BCUT2D eigenvalue weighted by Crippen LogP contribution is -2.08. The van der Waals surface area contributed by atoms with Gasteiger partial charge in [-0.1, -0.05) is 36.5 Å². The van der Waals surface area contributed by atoms with Crippen LogP contribution < -0.4 is 14.8 Å². The average Bonchev–Trinajstić information content (AvgIpc) is 2.82. The minimum Gasteiger partial charge on any atom is -0.490 e. The molecule has 1 aliphatic rings. The third-order valence-corrected chi connectivity index (χ3v) is 5.04. The Labute approximate surface area is 174 Å². The van der Waals surface area contributed by atoms with Crippen molar-refractivity contribution >= 4 is 40.9 Å². The monoisotopic (exact) mass is 423 g/mol. The summed E-state index contributed by atoms with van der Waals surface area (Å²) in [7, 11) is 0. The normalized spacial score (nSPS) is 13.6. The minimum absolute atomic E-state index is 0.326. The summed E-state index contributed by atoms with van der Waals surface area (Å²) in [5, 5.41) is 8.11. The zero-order valence-electron chi connectivity index (χ0n) is 15.9. The van der Waals surface area contributed by atoms with Crippen molar-refractivity contribution in [3.63, 3.8) is 0 Å². The fourth-order valence-electron chi connectivity index (χ4n) is 2.83. The number of nitrogens with one attached hydrogen (secondary N) is 1. The number of halogens is 2. The van der Waals surface area contributed by atoms with Crippen LogP contribution >= 0.6 is 23.2 Å².